The number of amidine groups is 1. The second kappa shape index (κ2) is 27.3. The maximum atomic E-state index is 13.1. The number of oxime groups is 1. The monoisotopic (exact) mass is 1160 g/mol. The molecule has 2 aromatic heterocycles. The summed E-state index contributed by atoms with van der Waals surface area (Å²) in [7, 11) is 0. The van der Waals surface area contributed by atoms with Crippen molar-refractivity contribution in [3.8, 4) is 22.8 Å². The van der Waals surface area contributed by atoms with Gasteiger partial charge in [0.2, 0.25) is 11.6 Å². The number of rotatable bonds is 11. The first-order chi connectivity index (χ1) is 37.2. The van der Waals surface area contributed by atoms with E-state index in [0.717, 1.165) is 23.6 Å². The molecule has 2 unspecified atom stereocenters. The predicted octanol–water partition coefficient (Wildman–Crippen LogP) is 9.16. The summed E-state index contributed by atoms with van der Waals surface area (Å²) < 4.78 is 127. The molecule has 81 heavy (non-hydrogen) atoms. The van der Waals surface area contributed by atoms with E-state index >= 15 is 0 Å². The van der Waals surface area contributed by atoms with Crippen LogP contribution in [0.25, 0.3) is 22.8 Å². The topological polar surface area (TPSA) is 352 Å². The molecule has 2 amide bonds. The lowest BCUT2D eigenvalue weighted by atomic mass is 9.85. The van der Waals surface area contributed by atoms with Crippen LogP contribution in [0.4, 0.5) is 61.8 Å². The molecule has 2 atom stereocenters. The number of alkyl halides is 8. The van der Waals surface area contributed by atoms with Crippen molar-refractivity contribution in [2.24, 2.45) is 10.9 Å². The number of carboxylic acids is 1. The molecule has 10 N–H and O–H groups in total. The van der Waals surface area contributed by atoms with E-state index in [1.165, 1.54) is 0 Å². The van der Waals surface area contributed by atoms with E-state index < -0.39 is 97.3 Å². The van der Waals surface area contributed by atoms with Crippen LogP contribution in [0.2, 0.25) is 0 Å². The fourth-order valence-corrected chi connectivity index (χ4v) is 6.06. The standard InChI is InChI=1S/C15H19N3O4.C14H13F4N3O2.C13H19N3O3.C4H4F4O.C4H6O4/c1-9-5-6-10(13-17-12(8-19)22-18-13)7-11(9)16-14(20)21-15(2,3)4;1-7-2-3-8(4-9(7)19)12-20-11(23-21-12)6-22-10-5-13(15,16)14(10,17)18;1-8-5-6-9(11(14)16-18)7-10(8)15-12(17)19-13(2,3)4;5-3(6)1-2(9)4(3,7)8;1-3(5)8-2-4(6)7/h5-7,19H,8H2,1-4H3,(H,16,20);2-4,10H,5-6,19H2,1H3;5-7,18H,1-4H3,(H2,14,16)(H,15,17);2,9H,1H2;2H2,1H3,(H,6,7). The average Bonchev–Trinajstić information content (AvgIpc) is 4.04. The molecule has 2 heterocycles. The molecule has 0 spiro atoms. The highest BCUT2D eigenvalue weighted by molar-refractivity contribution is 5.99. The summed E-state index contributed by atoms with van der Waals surface area (Å²) in [4.78, 5) is 51.0. The van der Waals surface area contributed by atoms with Crippen molar-refractivity contribution in [1.82, 2.24) is 20.3 Å². The number of nitrogens with one attached hydrogen (secondary N) is 2. The molecule has 0 bridgehead atoms. The lowest BCUT2D eigenvalue weighted by Crippen LogP contribution is -2.63. The number of aromatic nitrogens is 4. The number of ether oxygens (including phenoxy) is 4. The fraction of sp³-hybridized carbons (Fsp3) is 0.460. The van der Waals surface area contributed by atoms with E-state index in [4.69, 9.17) is 55.3 Å². The van der Waals surface area contributed by atoms with Crippen LogP contribution >= 0.6 is 0 Å². The Bertz CT molecular complexity index is 2980. The second-order valence-electron chi connectivity index (χ2n) is 19.6. The van der Waals surface area contributed by atoms with Crippen molar-refractivity contribution in [3.05, 3.63) is 88.6 Å². The third-order valence-electron chi connectivity index (χ3n) is 10.5. The Balaban J connectivity index is 0.000000280. The lowest BCUT2D eigenvalue weighted by molar-refractivity contribution is -0.343. The van der Waals surface area contributed by atoms with Crippen molar-refractivity contribution >= 4 is 47.0 Å². The molecule has 3 aromatic carbocycles. The van der Waals surface area contributed by atoms with E-state index in [2.05, 4.69) is 40.8 Å². The Morgan fingerprint density at radius 2 is 1.20 bits per heavy atom. The number of carbonyl (C=O) groups excluding carboxylic acids is 3. The van der Waals surface area contributed by atoms with Crippen LogP contribution in [0.5, 0.6) is 0 Å². The van der Waals surface area contributed by atoms with Crippen molar-refractivity contribution in [1.29, 1.82) is 0 Å². The summed E-state index contributed by atoms with van der Waals surface area (Å²) in [5.41, 5.74) is 16.2. The Labute approximate surface area is 456 Å². The van der Waals surface area contributed by atoms with Gasteiger partial charge in [0.15, 0.2) is 12.4 Å². The number of hydrogen-bond donors (Lipinski definition) is 8. The van der Waals surface area contributed by atoms with Crippen LogP contribution in [0.3, 0.4) is 0 Å². The molecule has 23 nitrogen and oxygen atoms in total. The number of aliphatic hydroxyl groups is 2. The zero-order valence-electron chi connectivity index (χ0n) is 45.2. The maximum Gasteiger partial charge on any atom is 0.412 e. The lowest BCUT2D eigenvalue weighted by Gasteiger charge is -2.42. The van der Waals surface area contributed by atoms with Crippen molar-refractivity contribution < 1.29 is 103 Å². The normalized spacial score (nSPS) is 17.1. The summed E-state index contributed by atoms with van der Waals surface area (Å²) in [6.07, 6.45) is -7.25. The molecule has 0 saturated heterocycles. The molecule has 0 aliphatic heterocycles. The summed E-state index contributed by atoms with van der Waals surface area (Å²) in [6.45, 7) is 16.1. The van der Waals surface area contributed by atoms with Gasteiger partial charge < -0.3 is 60.0 Å². The molecule has 0 radical (unpaired) electrons. The van der Waals surface area contributed by atoms with Crippen molar-refractivity contribution in [3.63, 3.8) is 0 Å². The molecule has 7 rings (SSSR count). The number of nitrogens with zero attached hydrogens (tertiary/aromatic N) is 5. The molecule has 446 valence electrons. The van der Waals surface area contributed by atoms with Gasteiger partial charge in [-0.05, 0) is 97.2 Å². The van der Waals surface area contributed by atoms with Gasteiger partial charge in [0.25, 0.3) is 11.8 Å². The third kappa shape index (κ3) is 19.8. The Morgan fingerprint density at radius 3 is 1.58 bits per heavy atom. The Kier molecular flexibility index (Phi) is 22.6. The number of carboxylic acid groups (broad SMARTS) is 1. The molecule has 2 aliphatic carbocycles. The minimum absolute atomic E-state index is 0.0211. The summed E-state index contributed by atoms with van der Waals surface area (Å²) >= 11 is 0. The number of aliphatic hydroxyl groups excluding tert-OH is 2. The number of aryl methyl sites for hydroxylation is 3. The van der Waals surface area contributed by atoms with Crippen LogP contribution in [-0.2, 0) is 41.8 Å². The first-order valence-electron chi connectivity index (χ1n) is 23.7. The highest BCUT2D eigenvalue weighted by Gasteiger charge is 2.73. The zero-order valence-corrected chi connectivity index (χ0v) is 45.2. The molecule has 5 aromatic rings. The first kappa shape index (κ1) is 67.1. The summed E-state index contributed by atoms with van der Waals surface area (Å²) in [5, 5.41) is 49.3. The van der Waals surface area contributed by atoms with Gasteiger partial charge >= 0.3 is 47.8 Å². The van der Waals surface area contributed by atoms with E-state index in [0.29, 0.717) is 39.6 Å². The quantitative estimate of drug-likeness (QED) is 0.00892. The number of esters is 1. The number of amides is 2. The van der Waals surface area contributed by atoms with E-state index in [9.17, 15) is 54.3 Å². The molecule has 31 heteroatoms. The first-order valence-corrected chi connectivity index (χ1v) is 23.7. The van der Waals surface area contributed by atoms with E-state index in [1.807, 2.05) is 32.9 Å². The number of carbonyl (C=O) groups is 4. The predicted molar refractivity (Wildman–Crippen MR) is 271 cm³/mol. The molecule has 2 saturated carbocycles. The minimum atomic E-state index is -4.20. The van der Waals surface area contributed by atoms with Crippen molar-refractivity contribution in [2.45, 2.75) is 142 Å². The third-order valence-corrected chi connectivity index (χ3v) is 10.5. The number of aliphatic carboxylic acids is 1. The van der Waals surface area contributed by atoms with Gasteiger partial charge in [-0.3, -0.25) is 15.4 Å². The number of hydrogen-bond acceptors (Lipinski definition) is 19. The van der Waals surface area contributed by atoms with Crippen LogP contribution in [0, 0.1) is 20.8 Å². The van der Waals surface area contributed by atoms with E-state index in [1.54, 1.807) is 84.0 Å². The average molecular weight is 1160 g/mol. The van der Waals surface area contributed by atoms with Gasteiger partial charge in [-0.1, -0.05) is 51.9 Å². The maximum absolute atomic E-state index is 13.1. The smallest absolute Gasteiger partial charge is 0.412 e. The molecule has 2 fully saturated rings. The summed E-state index contributed by atoms with van der Waals surface area (Å²) in [6, 6.07) is 15.6. The Morgan fingerprint density at radius 1 is 0.728 bits per heavy atom. The van der Waals surface area contributed by atoms with E-state index in [-0.39, 0.29) is 30.0 Å². The number of nitrogen functional groups attached to an aromatic ring is 1. The minimum Gasteiger partial charge on any atom is -0.479 e. The molecule has 2 aliphatic rings. The van der Waals surface area contributed by atoms with Gasteiger partial charge in [-0.2, -0.15) is 45.1 Å². The van der Waals surface area contributed by atoms with Gasteiger partial charge in [0.05, 0.1) is 6.42 Å². The van der Waals surface area contributed by atoms with Crippen molar-refractivity contribution in [2.75, 3.05) is 23.0 Å². The second-order valence-corrected chi connectivity index (χ2v) is 19.6. The summed E-state index contributed by atoms with van der Waals surface area (Å²) in [5.74, 6) is -17.5. The Hall–Kier alpha value is -8.19. The number of halogens is 8. The highest BCUT2D eigenvalue weighted by atomic mass is 19.3. The van der Waals surface area contributed by atoms with Crippen LogP contribution in [0.15, 0.2) is 68.8 Å². The van der Waals surface area contributed by atoms with Gasteiger partial charge in [-0.15, -0.1) is 0 Å². The highest BCUT2D eigenvalue weighted by Crippen LogP contribution is 2.53. The molecular formula is C50H61F8N9O14. The van der Waals surface area contributed by atoms with Gasteiger partial charge in [0.1, 0.15) is 36.6 Å². The van der Waals surface area contributed by atoms with Crippen LogP contribution < -0.4 is 22.1 Å². The largest absolute Gasteiger partial charge is 0.479 e. The fourth-order valence-electron chi connectivity index (χ4n) is 6.06. The number of nitrogens with two attached hydrogens (primary N) is 2. The van der Waals surface area contributed by atoms with Gasteiger partial charge in [0, 0.05) is 47.1 Å². The zero-order chi connectivity index (χ0) is 61.6. The molecular weight excluding hydrogens is 1100 g/mol. The van der Waals surface area contributed by atoms with Crippen LogP contribution in [-0.4, -0.2) is 124 Å². The van der Waals surface area contributed by atoms with Gasteiger partial charge in [-0.25, -0.2) is 14.4 Å². The number of benzene rings is 3. The number of anilines is 3. The van der Waals surface area contributed by atoms with Crippen LogP contribution in [0.1, 0.15) is 95.3 Å². The SMILES string of the molecule is CC(=O)OCC(=O)O.Cc1ccc(-c2noc(CO)n2)cc1NC(=O)OC(C)(C)C.Cc1ccc(-c2noc(COC3CC(F)(F)C3(F)F)n2)cc1N.Cc1ccc(/C(N)=N/O)cc1NC(=O)OC(C)(C)C.OC1CC(F)(F)C1(F)F.